The molecule has 1 aliphatic rings. The van der Waals surface area contributed by atoms with Gasteiger partial charge in [0.1, 0.15) is 23.5 Å². The number of ether oxygens (including phenoxy) is 2. The first-order chi connectivity index (χ1) is 15.5. The fraction of sp³-hybridized carbons (Fsp3) is 0.364. The molecule has 0 unspecified atom stereocenters. The molecule has 2 heterocycles. The Morgan fingerprint density at radius 1 is 1.25 bits per heavy atom. The molecule has 3 aromatic rings. The molecule has 4 rings (SSSR count). The van der Waals surface area contributed by atoms with E-state index >= 15 is 0 Å². The Kier molecular flexibility index (Phi) is 6.75. The quantitative estimate of drug-likeness (QED) is 0.511. The van der Waals surface area contributed by atoms with Crippen molar-refractivity contribution in [2.24, 2.45) is 5.92 Å². The molecular formula is C22H24ClN5O4. The summed E-state index contributed by atoms with van der Waals surface area (Å²) in [6.45, 7) is 0.459. The molecule has 1 saturated carbocycles. The van der Waals surface area contributed by atoms with Crippen LogP contribution in [0.15, 0.2) is 43.0 Å². The van der Waals surface area contributed by atoms with Crippen LogP contribution < -0.4 is 14.8 Å². The minimum atomic E-state index is -0.976. The van der Waals surface area contributed by atoms with Gasteiger partial charge in [-0.1, -0.05) is 23.7 Å². The van der Waals surface area contributed by atoms with E-state index in [1.807, 2.05) is 30.5 Å². The van der Waals surface area contributed by atoms with Crippen LogP contribution in [0.4, 0.5) is 4.79 Å². The van der Waals surface area contributed by atoms with Crippen LogP contribution in [0, 0.1) is 5.92 Å². The third-order valence-electron chi connectivity index (χ3n) is 5.59. The number of nitrogens with one attached hydrogen (secondary N) is 1. The Bertz CT molecular complexity index is 1080. The van der Waals surface area contributed by atoms with E-state index < -0.39 is 6.09 Å². The van der Waals surface area contributed by atoms with E-state index in [0.717, 1.165) is 36.9 Å². The first kappa shape index (κ1) is 21.9. The molecule has 168 valence electrons. The lowest BCUT2D eigenvalue weighted by Gasteiger charge is -2.28. The van der Waals surface area contributed by atoms with Gasteiger partial charge in [0, 0.05) is 17.8 Å². The van der Waals surface area contributed by atoms with Gasteiger partial charge in [0.25, 0.3) is 0 Å². The molecule has 1 fully saturated rings. The molecule has 10 heteroatoms. The average Bonchev–Trinajstić information content (AvgIpc) is 3.28. The molecule has 0 aliphatic heterocycles. The SMILES string of the molecule is COc1ccccc1-n1cc(-c2ncnc(Cl)c2OCC2CCC(NC(=O)O)CC2)cn1. The lowest BCUT2D eigenvalue weighted by molar-refractivity contribution is 0.169. The molecule has 0 atom stereocenters. The van der Waals surface area contributed by atoms with E-state index in [-0.39, 0.29) is 11.2 Å². The monoisotopic (exact) mass is 457 g/mol. The molecule has 1 amide bonds. The van der Waals surface area contributed by atoms with Crippen molar-refractivity contribution in [2.45, 2.75) is 31.7 Å². The van der Waals surface area contributed by atoms with Crippen molar-refractivity contribution in [3.05, 3.63) is 48.1 Å². The van der Waals surface area contributed by atoms with Gasteiger partial charge >= 0.3 is 6.09 Å². The second kappa shape index (κ2) is 9.86. The number of para-hydroxylation sites is 2. The second-order valence-electron chi connectivity index (χ2n) is 7.67. The van der Waals surface area contributed by atoms with Crippen molar-refractivity contribution in [3.63, 3.8) is 0 Å². The predicted octanol–water partition coefficient (Wildman–Crippen LogP) is 4.20. The van der Waals surface area contributed by atoms with Crippen molar-refractivity contribution < 1.29 is 19.4 Å². The topological polar surface area (TPSA) is 111 Å². The van der Waals surface area contributed by atoms with Crippen molar-refractivity contribution in [1.82, 2.24) is 25.1 Å². The summed E-state index contributed by atoms with van der Waals surface area (Å²) in [4.78, 5) is 19.3. The molecule has 2 N–H and O–H groups in total. The van der Waals surface area contributed by atoms with Gasteiger partial charge in [0.05, 0.1) is 19.9 Å². The number of hydrogen-bond donors (Lipinski definition) is 2. The van der Waals surface area contributed by atoms with Crippen molar-refractivity contribution in [2.75, 3.05) is 13.7 Å². The van der Waals surface area contributed by atoms with Crippen molar-refractivity contribution in [1.29, 1.82) is 0 Å². The van der Waals surface area contributed by atoms with Crippen LogP contribution >= 0.6 is 11.6 Å². The lowest BCUT2D eigenvalue weighted by Crippen LogP contribution is -2.37. The van der Waals surface area contributed by atoms with Gasteiger partial charge in [0.15, 0.2) is 10.9 Å². The summed E-state index contributed by atoms with van der Waals surface area (Å²) in [5.41, 5.74) is 2.10. The molecule has 0 spiro atoms. The van der Waals surface area contributed by atoms with Crippen LogP contribution in [-0.2, 0) is 0 Å². The number of benzene rings is 1. The molecule has 32 heavy (non-hydrogen) atoms. The van der Waals surface area contributed by atoms with E-state index in [1.165, 1.54) is 6.33 Å². The Morgan fingerprint density at radius 3 is 2.78 bits per heavy atom. The summed E-state index contributed by atoms with van der Waals surface area (Å²) < 4.78 is 13.2. The van der Waals surface area contributed by atoms with Gasteiger partial charge < -0.3 is 19.9 Å². The number of carboxylic acid groups (broad SMARTS) is 1. The second-order valence-corrected chi connectivity index (χ2v) is 8.02. The molecule has 0 bridgehead atoms. The standard InChI is InChI=1S/C22H24ClN5O4/c1-31-18-5-3-2-4-17(18)28-11-15(10-26-28)19-20(21(23)25-13-24-19)32-12-14-6-8-16(9-7-14)27-22(29)30/h2-5,10-11,13-14,16,27H,6-9,12H2,1H3,(H,29,30). The summed E-state index contributed by atoms with van der Waals surface area (Å²) in [5.74, 6) is 1.43. The number of methoxy groups -OCH3 is 1. The molecule has 0 radical (unpaired) electrons. The minimum absolute atomic E-state index is 0.00349. The van der Waals surface area contributed by atoms with Crippen LogP contribution in [0.5, 0.6) is 11.5 Å². The van der Waals surface area contributed by atoms with Gasteiger partial charge in [-0.25, -0.2) is 19.4 Å². The number of nitrogens with zero attached hydrogens (tertiary/aromatic N) is 4. The highest BCUT2D eigenvalue weighted by Gasteiger charge is 2.24. The highest BCUT2D eigenvalue weighted by atomic mass is 35.5. The zero-order valence-corrected chi connectivity index (χ0v) is 18.3. The summed E-state index contributed by atoms with van der Waals surface area (Å²) in [5, 5.41) is 16.1. The van der Waals surface area contributed by atoms with E-state index in [4.69, 9.17) is 26.2 Å². The zero-order valence-electron chi connectivity index (χ0n) is 17.6. The Labute approximate surface area is 190 Å². The highest BCUT2D eigenvalue weighted by Crippen LogP contribution is 2.35. The Hall–Kier alpha value is -3.33. The normalized spacial score (nSPS) is 18.2. The summed E-state index contributed by atoms with van der Waals surface area (Å²) in [7, 11) is 1.62. The smallest absolute Gasteiger partial charge is 0.404 e. The van der Waals surface area contributed by atoms with Gasteiger partial charge in [-0.15, -0.1) is 0 Å². The van der Waals surface area contributed by atoms with Gasteiger partial charge in [-0.2, -0.15) is 5.10 Å². The minimum Gasteiger partial charge on any atom is -0.494 e. The zero-order chi connectivity index (χ0) is 22.5. The first-order valence-electron chi connectivity index (χ1n) is 10.4. The Balaban J connectivity index is 1.49. The molecule has 1 aliphatic carbocycles. The van der Waals surface area contributed by atoms with Gasteiger partial charge in [-0.05, 0) is 43.7 Å². The van der Waals surface area contributed by atoms with E-state index in [0.29, 0.717) is 29.7 Å². The van der Waals surface area contributed by atoms with Crippen molar-refractivity contribution >= 4 is 17.7 Å². The number of amides is 1. The number of aromatic nitrogens is 4. The van der Waals surface area contributed by atoms with E-state index in [9.17, 15) is 4.79 Å². The van der Waals surface area contributed by atoms with Gasteiger partial charge in [-0.3, -0.25) is 0 Å². The Morgan fingerprint density at radius 2 is 2.03 bits per heavy atom. The molecular weight excluding hydrogens is 434 g/mol. The lowest BCUT2D eigenvalue weighted by atomic mass is 9.86. The van der Waals surface area contributed by atoms with Crippen LogP contribution in [-0.4, -0.2) is 50.7 Å². The third kappa shape index (κ3) is 4.94. The van der Waals surface area contributed by atoms with E-state index in [1.54, 1.807) is 18.0 Å². The summed E-state index contributed by atoms with van der Waals surface area (Å²) in [6, 6.07) is 7.59. The summed E-state index contributed by atoms with van der Waals surface area (Å²) >= 11 is 6.35. The molecule has 1 aromatic carbocycles. The fourth-order valence-corrected chi connectivity index (χ4v) is 4.12. The largest absolute Gasteiger partial charge is 0.494 e. The van der Waals surface area contributed by atoms with Crippen LogP contribution in [0.25, 0.3) is 16.9 Å². The number of rotatable bonds is 7. The van der Waals surface area contributed by atoms with Crippen LogP contribution in [0.1, 0.15) is 25.7 Å². The van der Waals surface area contributed by atoms with Crippen molar-refractivity contribution in [3.8, 4) is 28.4 Å². The number of carbonyl (C=O) groups is 1. The molecule has 0 saturated heterocycles. The maximum absolute atomic E-state index is 10.8. The highest BCUT2D eigenvalue weighted by molar-refractivity contribution is 6.31. The maximum Gasteiger partial charge on any atom is 0.404 e. The van der Waals surface area contributed by atoms with Gasteiger partial charge in [0.2, 0.25) is 0 Å². The summed E-state index contributed by atoms with van der Waals surface area (Å²) in [6.07, 6.45) is 7.28. The van der Waals surface area contributed by atoms with Crippen LogP contribution in [0.2, 0.25) is 5.15 Å². The molecule has 2 aromatic heterocycles. The fourth-order valence-electron chi connectivity index (χ4n) is 3.93. The number of hydrogen-bond acceptors (Lipinski definition) is 6. The molecule has 9 nitrogen and oxygen atoms in total. The predicted molar refractivity (Wildman–Crippen MR) is 119 cm³/mol. The maximum atomic E-state index is 10.8. The average molecular weight is 458 g/mol. The number of halogens is 1. The van der Waals surface area contributed by atoms with E-state index in [2.05, 4.69) is 20.4 Å². The van der Waals surface area contributed by atoms with Crippen LogP contribution in [0.3, 0.4) is 0 Å². The first-order valence-corrected chi connectivity index (χ1v) is 10.7. The third-order valence-corrected chi connectivity index (χ3v) is 5.86.